The number of nitrogens with zero attached hydrogens (tertiary/aromatic N) is 2. The van der Waals surface area contributed by atoms with Gasteiger partial charge in [0.2, 0.25) is 0 Å². The molecule has 0 radical (unpaired) electrons. The van der Waals surface area contributed by atoms with Crippen molar-refractivity contribution >= 4 is 0 Å². The minimum Gasteiger partial charge on any atom is -0.323 e. The normalized spacial score (nSPS) is 25.6. The molecule has 1 aromatic carbocycles. The van der Waals surface area contributed by atoms with E-state index in [0.29, 0.717) is 12.6 Å². The second-order valence-corrected chi connectivity index (χ2v) is 5.84. The predicted octanol–water partition coefficient (Wildman–Crippen LogP) is 1.74. The van der Waals surface area contributed by atoms with Crippen LogP contribution in [0.3, 0.4) is 0 Å². The number of rotatable bonds is 3. The smallest absolute Gasteiger partial charge is 0.163 e. The lowest BCUT2D eigenvalue weighted by molar-refractivity contribution is 0.0995. The summed E-state index contributed by atoms with van der Waals surface area (Å²) in [7, 11) is 0. The van der Waals surface area contributed by atoms with Crippen molar-refractivity contribution in [3.63, 3.8) is 0 Å². The average Bonchev–Trinajstić information content (AvgIpc) is 2.89. The molecule has 2 heterocycles. The average molecular weight is 281 g/mol. The lowest BCUT2D eigenvalue weighted by atomic mass is 10.0. The number of hydrogen-bond acceptors (Lipinski definition) is 3. The zero-order valence-corrected chi connectivity index (χ0v) is 11.6. The summed E-state index contributed by atoms with van der Waals surface area (Å²) >= 11 is 0. The summed E-state index contributed by atoms with van der Waals surface area (Å²) in [6.45, 7) is 4.79. The fraction of sp³-hybridized carbons (Fsp3) is 0.600. The van der Waals surface area contributed by atoms with E-state index in [-0.39, 0.29) is 5.56 Å². The first-order valence-electron chi connectivity index (χ1n) is 7.31. The zero-order chi connectivity index (χ0) is 14.1. The van der Waals surface area contributed by atoms with Gasteiger partial charge in [0.05, 0.1) is 0 Å². The first-order valence-corrected chi connectivity index (χ1v) is 7.31. The third-order valence-electron chi connectivity index (χ3n) is 4.51. The Morgan fingerprint density at radius 3 is 2.95 bits per heavy atom. The van der Waals surface area contributed by atoms with E-state index in [1.165, 1.54) is 25.5 Å². The van der Waals surface area contributed by atoms with Crippen LogP contribution in [0.5, 0.6) is 0 Å². The lowest BCUT2D eigenvalue weighted by Gasteiger charge is -2.38. The van der Waals surface area contributed by atoms with Crippen molar-refractivity contribution in [2.24, 2.45) is 5.73 Å². The second-order valence-electron chi connectivity index (χ2n) is 5.84. The van der Waals surface area contributed by atoms with Gasteiger partial charge in [0.25, 0.3) is 0 Å². The van der Waals surface area contributed by atoms with Crippen LogP contribution in [0.15, 0.2) is 18.2 Å². The quantitative estimate of drug-likeness (QED) is 0.916. The van der Waals surface area contributed by atoms with Crippen LogP contribution in [0.25, 0.3) is 0 Å². The van der Waals surface area contributed by atoms with Crippen molar-refractivity contribution in [2.45, 2.75) is 24.9 Å². The van der Waals surface area contributed by atoms with Crippen LogP contribution in [0, 0.1) is 11.6 Å². The standard InChI is InChI=1S/C15H21F2N3/c16-13-5-1-4-12(15(13)17)14(18)10-19-7-8-20-6-2-3-11(20)9-19/h1,4-5,11,14H,2-3,6-10,18H2. The molecule has 1 aromatic rings. The number of fused-ring (bicyclic) bond motifs is 1. The molecule has 2 aliphatic rings. The van der Waals surface area contributed by atoms with Crippen LogP contribution in [-0.2, 0) is 0 Å². The van der Waals surface area contributed by atoms with Gasteiger partial charge < -0.3 is 5.73 Å². The molecule has 0 aliphatic carbocycles. The number of hydrogen-bond donors (Lipinski definition) is 1. The van der Waals surface area contributed by atoms with Gasteiger partial charge in [0, 0.05) is 43.8 Å². The molecule has 2 aliphatic heterocycles. The van der Waals surface area contributed by atoms with Crippen molar-refractivity contribution in [3.05, 3.63) is 35.4 Å². The van der Waals surface area contributed by atoms with Crippen molar-refractivity contribution < 1.29 is 8.78 Å². The van der Waals surface area contributed by atoms with E-state index >= 15 is 0 Å². The molecule has 2 N–H and O–H groups in total. The van der Waals surface area contributed by atoms with Gasteiger partial charge in [0.15, 0.2) is 11.6 Å². The Morgan fingerprint density at radius 2 is 2.10 bits per heavy atom. The fourth-order valence-electron chi connectivity index (χ4n) is 3.40. The Bertz CT molecular complexity index is 480. The van der Waals surface area contributed by atoms with Crippen molar-refractivity contribution in [2.75, 3.05) is 32.7 Å². The first-order chi connectivity index (χ1) is 9.65. The maximum Gasteiger partial charge on any atom is 0.163 e. The Hall–Kier alpha value is -1.04. The van der Waals surface area contributed by atoms with Crippen LogP contribution >= 0.6 is 0 Å². The van der Waals surface area contributed by atoms with E-state index in [9.17, 15) is 8.78 Å². The molecular formula is C15H21F2N3. The van der Waals surface area contributed by atoms with Crippen LogP contribution < -0.4 is 5.73 Å². The minimum absolute atomic E-state index is 0.277. The van der Waals surface area contributed by atoms with E-state index in [0.717, 1.165) is 25.7 Å². The van der Waals surface area contributed by atoms with Crippen molar-refractivity contribution in [1.82, 2.24) is 9.80 Å². The Labute approximate surface area is 118 Å². The van der Waals surface area contributed by atoms with E-state index in [1.54, 1.807) is 6.07 Å². The van der Waals surface area contributed by atoms with E-state index in [1.807, 2.05) is 0 Å². The minimum atomic E-state index is -0.821. The Balaban J connectivity index is 1.64. The van der Waals surface area contributed by atoms with Gasteiger partial charge >= 0.3 is 0 Å². The van der Waals surface area contributed by atoms with Gasteiger partial charge in [-0.2, -0.15) is 0 Å². The molecule has 20 heavy (non-hydrogen) atoms. The Kier molecular flexibility index (Phi) is 4.01. The summed E-state index contributed by atoms with van der Waals surface area (Å²) in [5.41, 5.74) is 6.35. The van der Waals surface area contributed by atoms with Crippen LogP contribution in [0.1, 0.15) is 24.4 Å². The first kappa shape index (κ1) is 13.9. The van der Waals surface area contributed by atoms with E-state index < -0.39 is 17.7 Å². The molecule has 5 heteroatoms. The van der Waals surface area contributed by atoms with Crippen molar-refractivity contribution in [3.8, 4) is 0 Å². The molecule has 0 aromatic heterocycles. The summed E-state index contributed by atoms with van der Waals surface area (Å²) in [5.74, 6) is -1.63. The van der Waals surface area contributed by atoms with Crippen LogP contribution in [-0.4, -0.2) is 48.6 Å². The van der Waals surface area contributed by atoms with Crippen molar-refractivity contribution in [1.29, 1.82) is 0 Å². The maximum absolute atomic E-state index is 13.7. The monoisotopic (exact) mass is 281 g/mol. The highest BCUT2D eigenvalue weighted by atomic mass is 19.2. The summed E-state index contributed by atoms with van der Waals surface area (Å²) in [4.78, 5) is 4.80. The van der Waals surface area contributed by atoms with Crippen LogP contribution in [0.2, 0.25) is 0 Å². The molecular weight excluding hydrogens is 260 g/mol. The molecule has 2 fully saturated rings. The molecule has 110 valence electrons. The molecule has 2 atom stereocenters. The highest BCUT2D eigenvalue weighted by Crippen LogP contribution is 2.24. The predicted molar refractivity (Wildman–Crippen MR) is 74.3 cm³/mol. The largest absolute Gasteiger partial charge is 0.323 e. The van der Waals surface area contributed by atoms with Gasteiger partial charge in [0.1, 0.15) is 0 Å². The van der Waals surface area contributed by atoms with Gasteiger partial charge in [-0.15, -0.1) is 0 Å². The number of nitrogens with two attached hydrogens (primary N) is 1. The fourth-order valence-corrected chi connectivity index (χ4v) is 3.40. The van der Waals surface area contributed by atoms with E-state index in [2.05, 4.69) is 9.80 Å². The molecule has 0 amide bonds. The lowest BCUT2D eigenvalue weighted by Crippen LogP contribution is -2.51. The number of piperazine rings is 1. The Morgan fingerprint density at radius 1 is 1.25 bits per heavy atom. The molecule has 3 rings (SSSR count). The highest BCUT2D eigenvalue weighted by Gasteiger charge is 2.31. The zero-order valence-electron chi connectivity index (χ0n) is 11.6. The molecule has 0 bridgehead atoms. The summed E-state index contributed by atoms with van der Waals surface area (Å²) in [5, 5.41) is 0. The molecule has 3 nitrogen and oxygen atoms in total. The molecule has 0 spiro atoms. The second kappa shape index (κ2) is 5.76. The van der Waals surface area contributed by atoms with Gasteiger partial charge in [-0.05, 0) is 25.5 Å². The third-order valence-corrected chi connectivity index (χ3v) is 4.51. The summed E-state index contributed by atoms with van der Waals surface area (Å²) in [6, 6.07) is 4.37. The number of halogens is 2. The summed E-state index contributed by atoms with van der Waals surface area (Å²) < 4.78 is 27.0. The molecule has 2 unspecified atom stereocenters. The highest BCUT2D eigenvalue weighted by molar-refractivity contribution is 5.22. The van der Waals surface area contributed by atoms with Crippen LogP contribution in [0.4, 0.5) is 8.78 Å². The SMILES string of the molecule is NC(CN1CCN2CCCC2C1)c1cccc(F)c1F. The van der Waals surface area contributed by atoms with Gasteiger partial charge in [-0.3, -0.25) is 9.80 Å². The van der Waals surface area contributed by atoms with Gasteiger partial charge in [-0.1, -0.05) is 12.1 Å². The van der Waals surface area contributed by atoms with Gasteiger partial charge in [-0.25, -0.2) is 8.78 Å². The van der Waals surface area contributed by atoms with E-state index in [4.69, 9.17) is 5.73 Å². The number of benzene rings is 1. The third kappa shape index (κ3) is 2.71. The topological polar surface area (TPSA) is 32.5 Å². The summed E-state index contributed by atoms with van der Waals surface area (Å²) in [6.07, 6.45) is 2.50. The molecule has 0 saturated carbocycles. The maximum atomic E-state index is 13.7. The molecule has 2 saturated heterocycles.